The molecule has 4 N–H and O–H groups in total. The van der Waals surface area contributed by atoms with Crippen molar-refractivity contribution in [2.75, 3.05) is 6.54 Å². The molecule has 1 aromatic heterocycles. The number of H-pyrrole nitrogens is 1. The smallest absolute Gasteiger partial charge is 0.237 e. The van der Waals surface area contributed by atoms with Crippen LogP contribution in [0.1, 0.15) is 30.4 Å². The highest BCUT2D eigenvalue weighted by Crippen LogP contribution is 2.33. The van der Waals surface area contributed by atoms with Gasteiger partial charge in [-0.25, -0.2) is 0 Å². The van der Waals surface area contributed by atoms with Gasteiger partial charge in [-0.15, -0.1) is 0 Å². The monoisotopic (exact) mass is 469 g/mol. The van der Waals surface area contributed by atoms with Crippen molar-refractivity contribution in [3.63, 3.8) is 0 Å². The Morgan fingerprint density at radius 2 is 2.10 bits per heavy atom. The first-order valence-corrected chi connectivity index (χ1v) is 10.7. The molecule has 0 saturated carbocycles. The van der Waals surface area contributed by atoms with Crippen LogP contribution in [0.3, 0.4) is 0 Å². The van der Waals surface area contributed by atoms with Crippen LogP contribution in [0.25, 0.3) is 10.9 Å². The van der Waals surface area contributed by atoms with Crippen LogP contribution in [0.5, 0.6) is 0 Å². The minimum atomic E-state index is -0.472. The number of halogens is 1. The number of hydrogen-bond donors (Lipinski definition) is 3. The number of rotatable bonds is 6. The van der Waals surface area contributed by atoms with Crippen LogP contribution in [-0.4, -0.2) is 45.5 Å². The second-order valence-corrected chi connectivity index (χ2v) is 8.67. The molecule has 30 heavy (non-hydrogen) atoms. The number of likely N-dealkylation sites (tertiary alicyclic amines) is 1. The summed E-state index contributed by atoms with van der Waals surface area (Å²) in [5, 5.41) is 11.0. The molecule has 7 nitrogen and oxygen atoms in total. The lowest BCUT2D eigenvalue weighted by Gasteiger charge is -2.28. The number of fused-ring (bicyclic) bond motifs is 1. The molecule has 0 bridgehead atoms. The molecule has 156 valence electrons. The van der Waals surface area contributed by atoms with Crippen LogP contribution in [0.4, 0.5) is 0 Å². The van der Waals surface area contributed by atoms with Crippen LogP contribution in [0.2, 0.25) is 0 Å². The number of aromatic amines is 1. The first-order chi connectivity index (χ1) is 14.4. The molecule has 0 radical (unpaired) electrons. The van der Waals surface area contributed by atoms with E-state index in [0.29, 0.717) is 19.5 Å². The summed E-state index contributed by atoms with van der Waals surface area (Å²) in [5.74, 6) is -0.351. The summed E-state index contributed by atoms with van der Waals surface area (Å²) in [6.07, 6.45) is 2.37. The molecule has 2 aromatic carbocycles. The van der Waals surface area contributed by atoms with E-state index in [4.69, 9.17) is 5.73 Å². The molecule has 3 atom stereocenters. The zero-order chi connectivity index (χ0) is 21.3. The number of amides is 2. The van der Waals surface area contributed by atoms with Gasteiger partial charge in [-0.3, -0.25) is 19.6 Å². The lowest BCUT2D eigenvalue weighted by molar-refractivity contribution is -0.129. The van der Waals surface area contributed by atoms with E-state index >= 15 is 0 Å². The Bertz CT molecular complexity index is 1070. The maximum atomic E-state index is 12.9. The van der Waals surface area contributed by atoms with Crippen LogP contribution in [-0.2, 0) is 16.1 Å². The predicted octanol–water partition coefficient (Wildman–Crippen LogP) is 2.67. The number of carbonyl (C=O) groups is 2. The maximum Gasteiger partial charge on any atom is 0.237 e. The lowest BCUT2D eigenvalue weighted by Crippen LogP contribution is -2.51. The third kappa shape index (κ3) is 4.11. The maximum absolute atomic E-state index is 12.9. The molecule has 3 aromatic rings. The Morgan fingerprint density at radius 1 is 1.33 bits per heavy atom. The summed E-state index contributed by atoms with van der Waals surface area (Å²) in [6.45, 7) is 2.80. The molecule has 0 aliphatic carbocycles. The second kappa shape index (κ2) is 8.57. The van der Waals surface area contributed by atoms with Crippen molar-refractivity contribution in [1.82, 2.24) is 20.4 Å². The summed E-state index contributed by atoms with van der Waals surface area (Å²) in [5.41, 5.74) is 8.66. The molecule has 2 unspecified atom stereocenters. The van der Waals surface area contributed by atoms with Gasteiger partial charge >= 0.3 is 0 Å². The normalized spacial score (nSPS) is 20.3. The van der Waals surface area contributed by atoms with Crippen molar-refractivity contribution in [3.05, 3.63) is 64.3 Å². The number of primary amides is 1. The highest BCUT2D eigenvalue weighted by Gasteiger charge is 2.40. The third-order valence-electron chi connectivity index (χ3n) is 5.86. The summed E-state index contributed by atoms with van der Waals surface area (Å²) in [6, 6.07) is 13.1. The summed E-state index contributed by atoms with van der Waals surface area (Å²) in [7, 11) is 0. The fourth-order valence-corrected chi connectivity index (χ4v) is 4.77. The van der Waals surface area contributed by atoms with Crippen molar-refractivity contribution in [2.45, 2.75) is 37.9 Å². The number of nitrogens with zero attached hydrogens (tertiary/aromatic N) is 2. The molecule has 1 aliphatic heterocycles. The summed E-state index contributed by atoms with van der Waals surface area (Å²) in [4.78, 5) is 26.9. The van der Waals surface area contributed by atoms with E-state index in [1.807, 2.05) is 42.2 Å². The zero-order valence-electron chi connectivity index (χ0n) is 16.6. The van der Waals surface area contributed by atoms with E-state index < -0.39 is 12.1 Å². The predicted molar refractivity (Wildman–Crippen MR) is 119 cm³/mol. The van der Waals surface area contributed by atoms with E-state index in [2.05, 4.69) is 43.6 Å². The van der Waals surface area contributed by atoms with Crippen molar-refractivity contribution in [3.8, 4) is 0 Å². The SMILES string of the molecule is C[C@@H](C(=O)NCc1cc(Br)cc2cn[nH]c12)N1CC(c2ccccc2)CC1C(N)=O. The van der Waals surface area contributed by atoms with E-state index in [-0.39, 0.29) is 17.7 Å². The molecule has 1 fully saturated rings. The van der Waals surface area contributed by atoms with Gasteiger partial charge in [0.2, 0.25) is 11.8 Å². The minimum Gasteiger partial charge on any atom is -0.368 e. The van der Waals surface area contributed by atoms with Gasteiger partial charge in [0.25, 0.3) is 0 Å². The summed E-state index contributed by atoms with van der Waals surface area (Å²) >= 11 is 3.50. The quantitative estimate of drug-likeness (QED) is 0.515. The largest absolute Gasteiger partial charge is 0.368 e. The molecule has 8 heteroatoms. The Balaban J connectivity index is 1.47. The second-order valence-electron chi connectivity index (χ2n) is 7.75. The number of hydrogen-bond acceptors (Lipinski definition) is 4. The van der Waals surface area contributed by atoms with Crippen molar-refractivity contribution in [1.29, 1.82) is 0 Å². The van der Waals surface area contributed by atoms with Gasteiger partial charge in [-0.1, -0.05) is 46.3 Å². The van der Waals surface area contributed by atoms with Crippen LogP contribution >= 0.6 is 15.9 Å². The molecular weight excluding hydrogens is 446 g/mol. The van der Waals surface area contributed by atoms with Crippen LogP contribution in [0.15, 0.2) is 53.1 Å². The van der Waals surface area contributed by atoms with E-state index in [1.165, 1.54) is 0 Å². The first-order valence-electron chi connectivity index (χ1n) is 9.93. The van der Waals surface area contributed by atoms with E-state index in [9.17, 15) is 9.59 Å². The molecule has 1 aliphatic rings. The van der Waals surface area contributed by atoms with Gasteiger partial charge in [0.05, 0.1) is 23.8 Å². The molecular formula is C22H24BrN5O2. The fourth-order valence-electron chi connectivity index (χ4n) is 4.25. The standard InChI is InChI=1S/C22H24BrN5O2/c1-13(22(30)25-10-15-7-18(23)8-16-11-26-27-20(15)16)28-12-17(9-19(28)21(24)29)14-5-3-2-4-6-14/h2-8,11,13,17,19H,9-10,12H2,1H3,(H2,24,29)(H,25,30)(H,26,27)/t13-,17?,19?/m0/s1. The molecule has 4 rings (SSSR count). The number of carbonyl (C=O) groups excluding carboxylic acids is 2. The van der Waals surface area contributed by atoms with Gasteiger partial charge in [-0.05, 0) is 42.5 Å². The molecule has 1 saturated heterocycles. The van der Waals surface area contributed by atoms with Gasteiger partial charge in [0, 0.05) is 22.9 Å². The Morgan fingerprint density at radius 3 is 2.83 bits per heavy atom. The lowest BCUT2D eigenvalue weighted by atomic mass is 9.96. The minimum absolute atomic E-state index is 0.136. The fraction of sp³-hybridized carbons (Fsp3) is 0.318. The highest BCUT2D eigenvalue weighted by molar-refractivity contribution is 9.10. The number of benzene rings is 2. The third-order valence-corrected chi connectivity index (χ3v) is 6.32. The van der Waals surface area contributed by atoms with Gasteiger partial charge in [0.15, 0.2) is 0 Å². The summed E-state index contributed by atoms with van der Waals surface area (Å²) < 4.78 is 0.924. The van der Waals surface area contributed by atoms with Gasteiger partial charge in [-0.2, -0.15) is 5.10 Å². The number of nitrogens with one attached hydrogen (secondary N) is 2. The molecule has 2 amide bonds. The number of nitrogens with two attached hydrogens (primary N) is 1. The Labute approximate surface area is 183 Å². The highest BCUT2D eigenvalue weighted by atomic mass is 79.9. The zero-order valence-corrected chi connectivity index (χ0v) is 18.2. The van der Waals surface area contributed by atoms with E-state index in [1.54, 1.807) is 6.20 Å². The van der Waals surface area contributed by atoms with Crippen LogP contribution in [0, 0.1) is 0 Å². The Hall–Kier alpha value is -2.71. The Kier molecular flexibility index (Phi) is 5.87. The average molecular weight is 470 g/mol. The van der Waals surface area contributed by atoms with Gasteiger partial charge in [0.1, 0.15) is 0 Å². The molecule has 2 heterocycles. The van der Waals surface area contributed by atoms with E-state index in [0.717, 1.165) is 26.5 Å². The van der Waals surface area contributed by atoms with Crippen LogP contribution < -0.4 is 11.1 Å². The first kappa shape index (κ1) is 20.6. The van der Waals surface area contributed by atoms with Gasteiger partial charge < -0.3 is 11.1 Å². The van der Waals surface area contributed by atoms with Crippen molar-refractivity contribution < 1.29 is 9.59 Å². The topological polar surface area (TPSA) is 104 Å². The van der Waals surface area contributed by atoms with Crippen molar-refractivity contribution >= 4 is 38.6 Å². The average Bonchev–Trinajstić information content (AvgIpc) is 3.39. The number of aromatic nitrogens is 2. The molecule has 0 spiro atoms. The van der Waals surface area contributed by atoms with Crippen molar-refractivity contribution in [2.24, 2.45) is 5.73 Å².